The van der Waals surface area contributed by atoms with Gasteiger partial charge in [-0.3, -0.25) is 0 Å². The van der Waals surface area contributed by atoms with E-state index in [1.165, 1.54) is 36.5 Å². The number of hydrogen-bond acceptors (Lipinski definition) is 4. The Kier molecular flexibility index (Phi) is 7.67. The molecule has 0 aliphatic heterocycles. The number of nitrogens with zero attached hydrogens (tertiary/aromatic N) is 3. The Morgan fingerprint density at radius 2 is 0.736 bits per heavy atom. The monoisotopic (exact) mass is 693 g/mol. The number of thiophene rings is 1. The molecule has 0 amide bonds. The van der Waals surface area contributed by atoms with Crippen molar-refractivity contribution in [3.63, 3.8) is 0 Å². The normalized spacial score (nSPS) is 11.4. The molecule has 0 aliphatic rings. The lowest BCUT2D eigenvalue weighted by atomic mass is 9.98. The van der Waals surface area contributed by atoms with Crippen LogP contribution in [0.2, 0.25) is 0 Å². The zero-order valence-corrected chi connectivity index (χ0v) is 29.5. The zero-order chi connectivity index (χ0) is 35.1. The van der Waals surface area contributed by atoms with Crippen molar-refractivity contribution in [3.05, 3.63) is 188 Å². The first-order valence-electron chi connectivity index (χ1n) is 17.8. The molecule has 0 N–H and O–H groups in total. The average molecular weight is 694 g/mol. The number of rotatable bonds is 6. The molecule has 10 rings (SSSR count). The largest absolute Gasteiger partial charge is 0.208 e. The highest BCUT2D eigenvalue weighted by molar-refractivity contribution is 7.26. The standard InChI is InChI=1S/C49H31N3S/c1-3-11-32(12-4-1)34-21-24-36(25-22-34)47-50-48(40-17-9-15-37(29-40)33-13-5-2-6-14-33)52-49(51-47)41-18-10-16-38(30-41)39-26-23-35-27-28-43-42-19-7-8-20-45(42)53-46(43)44(35)31-39/h1-31H. The molecular weight excluding hydrogens is 663 g/mol. The van der Waals surface area contributed by atoms with Gasteiger partial charge in [0, 0.05) is 42.2 Å². The van der Waals surface area contributed by atoms with E-state index >= 15 is 0 Å². The molecule has 0 radical (unpaired) electrons. The molecule has 0 saturated heterocycles. The van der Waals surface area contributed by atoms with E-state index in [1.54, 1.807) is 0 Å². The molecular formula is C49H31N3S. The van der Waals surface area contributed by atoms with Crippen LogP contribution in [-0.2, 0) is 0 Å². The number of hydrogen-bond donors (Lipinski definition) is 0. The maximum absolute atomic E-state index is 5.13. The van der Waals surface area contributed by atoms with E-state index in [2.05, 4.69) is 176 Å². The first kappa shape index (κ1) is 31.0. The van der Waals surface area contributed by atoms with Gasteiger partial charge in [0.1, 0.15) is 0 Å². The SMILES string of the molecule is c1ccc(-c2ccc(-c3nc(-c4cccc(-c5ccccc5)c4)nc(-c4cccc(-c5ccc6ccc7c8ccccc8sc7c6c5)c4)n3)cc2)cc1. The molecule has 0 aliphatic carbocycles. The van der Waals surface area contributed by atoms with Gasteiger partial charge >= 0.3 is 0 Å². The van der Waals surface area contributed by atoms with E-state index in [4.69, 9.17) is 15.0 Å². The maximum Gasteiger partial charge on any atom is 0.164 e. The molecule has 0 fully saturated rings. The van der Waals surface area contributed by atoms with Crippen LogP contribution in [0.5, 0.6) is 0 Å². The van der Waals surface area contributed by atoms with Crippen molar-refractivity contribution in [3.8, 4) is 67.5 Å². The summed E-state index contributed by atoms with van der Waals surface area (Å²) in [5, 5.41) is 5.13. The summed E-state index contributed by atoms with van der Waals surface area (Å²) in [6.45, 7) is 0. The first-order valence-corrected chi connectivity index (χ1v) is 18.6. The van der Waals surface area contributed by atoms with Crippen LogP contribution < -0.4 is 0 Å². The number of fused-ring (bicyclic) bond motifs is 5. The van der Waals surface area contributed by atoms with Gasteiger partial charge in [-0.15, -0.1) is 11.3 Å². The second-order valence-corrected chi connectivity index (χ2v) is 14.3. The van der Waals surface area contributed by atoms with E-state index in [-0.39, 0.29) is 0 Å². The van der Waals surface area contributed by atoms with Gasteiger partial charge in [-0.1, -0.05) is 164 Å². The second kappa shape index (κ2) is 13.1. The molecule has 2 aromatic heterocycles. The van der Waals surface area contributed by atoms with Crippen molar-refractivity contribution in [2.75, 3.05) is 0 Å². The summed E-state index contributed by atoms with van der Waals surface area (Å²) in [7, 11) is 0. The van der Waals surface area contributed by atoms with Crippen LogP contribution >= 0.6 is 11.3 Å². The van der Waals surface area contributed by atoms with Crippen molar-refractivity contribution in [1.29, 1.82) is 0 Å². The molecule has 53 heavy (non-hydrogen) atoms. The van der Waals surface area contributed by atoms with E-state index in [1.807, 2.05) is 23.5 Å². The molecule has 0 unspecified atom stereocenters. The lowest BCUT2D eigenvalue weighted by Crippen LogP contribution is -2.00. The number of aromatic nitrogens is 3. The van der Waals surface area contributed by atoms with E-state index in [0.717, 1.165) is 44.5 Å². The summed E-state index contributed by atoms with van der Waals surface area (Å²) >= 11 is 1.87. The minimum Gasteiger partial charge on any atom is -0.208 e. The summed E-state index contributed by atoms with van der Waals surface area (Å²) in [6.07, 6.45) is 0. The Balaban J connectivity index is 1.09. The molecule has 10 aromatic rings. The van der Waals surface area contributed by atoms with Gasteiger partial charge in [0.25, 0.3) is 0 Å². The van der Waals surface area contributed by atoms with Gasteiger partial charge in [0.2, 0.25) is 0 Å². The first-order chi connectivity index (χ1) is 26.2. The van der Waals surface area contributed by atoms with Crippen molar-refractivity contribution < 1.29 is 0 Å². The third-order valence-corrected chi connectivity index (χ3v) is 11.1. The topological polar surface area (TPSA) is 38.7 Å². The molecule has 0 saturated carbocycles. The zero-order valence-electron chi connectivity index (χ0n) is 28.6. The van der Waals surface area contributed by atoms with Crippen LogP contribution in [0.1, 0.15) is 0 Å². The fraction of sp³-hybridized carbons (Fsp3) is 0. The summed E-state index contributed by atoms with van der Waals surface area (Å²) in [6, 6.07) is 66.3. The summed E-state index contributed by atoms with van der Waals surface area (Å²) in [4.78, 5) is 15.3. The molecule has 0 bridgehead atoms. The highest BCUT2D eigenvalue weighted by Crippen LogP contribution is 2.40. The van der Waals surface area contributed by atoms with Crippen molar-refractivity contribution in [2.24, 2.45) is 0 Å². The predicted molar refractivity (Wildman–Crippen MR) is 223 cm³/mol. The molecule has 0 spiro atoms. The third-order valence-electron chi connectivity index (χ3n) is 9.93. The molecule has 8 aromatic carbocycles. The van der Waals surface area contributed by atoms with E-state index in [0.29, 0.717) is 17.5 Å². The highest BCUT2D eigenvalue weighted by Gasteiger charge is 2.15. The van der Waals surface area contributed by atoms with Crippen molar-refractivity contribution in [2.45, 2.75) is 0 Å². The lowest BCUT2D eigenvalue weighted by Gasteiger charge is -2.11. The second-order valence-electron chi connectivity index (χ2n) is 13.3. The molecule has 3 nitrogen and oxygen atoms in total. The quantitative estimate of drug-likeness (QED) is 0.174. The Bertz CT molecular complexity index is 2930. The maximum atomic E-state index is 5.13. The smallest absolute Gasteiger partial charge is 0.164 e. The van der Waals surface area contributed by atoms with Crippen LogP contribution in [-0.4, -0.2) is 15.0 Å². The van der Waals surface area contributed by atoms with Gasteiger partial charge in [-0.05, 0) is 63.0 Å². The van der Waals surface area contributed by atoms with Crippen molar-refractivity contribution in [1.82, 2.24) is 15.0 Å². The molecule has 2 heterocycles. The summed E-state index contributed by atoms with van der Waals surface area (Å²) < 4.78 is 2.64. The van der Waals surface area contributed by atoms with Crippen LogP contribution in [0.4, 0.5) is 0 Å². The Morgan fingerprint density at radius 3 is 1.42 bits per heavy atom. The van der Waals surface area contributed by atoms with Crippen LogP contribution in [0.3, 0.4) is 0 Å². The van der Waals surface area contributed by atoms with E-state index < -0.39 is 0 Å². The van der Waals surface area contributed by atoms with Crippen LogP contribution in [0.15, 0.2) is 188 Å². The number of benzene rings is 8. The fourth-order valence-corrected chi connectivity index (χ4v) is 8.42. The molecule has 0 atom stereocenters. The molecule has 4 heteroatoms. The minimum absolute atomic E-state index is 0.636. The minimum atomic E-state index is 0.636. The summed E-state index contributed by atoms with van der Waals surface area (Å²) in [5.74, 6) is 1.91. The van der Waals surface area contributed by atoms with Gasteiger partial charge in [0.15, 0.2) is 17.5 Å². The average Bonchev–Trinajstić information content (AvgIpc) is 3.64. The van der Waals surface area contributed by atoms with Crippen LogP contribution in [0, 0.1) is 0 Å². The summed E-state index contributed by atoms with van der Waals surface area (Å²) in [5.41, 5.74) is 9.67. The van der Waals surface area contributed by atoms with Crippen molar-refractivity contribution >= 4 is 42.3 Å². The predicted octanol–water partition coefficient (Wildman–Crippen LogP) is 13.4. The van der Waals surface area contributed by atoms with Gasteiger partial charge < -0.3 is 0 Å². The highest BCUT2D eigenvalue weighted by atomic mass is 32.1. The van der Waals surface area contributed by atoms with Gasteiger partial charge in [-0.25, -0.2) is 15.0 Å². The van der Waals surface area contributed by atoms with Gasteiger partial charge in [-0.2, -0.15) is 0 Å². The Hall–Kier alpha value is -6.75. The lowest BCUT2D eigenvalue weighted by molar-refractivity contribution is 1.07. The van der Waals surface area contributed by atoms with E-state index in [9.17, 15) is 0 Å². The fourth-order valence-electron chi connectivity index (χ4n) is 7.19. The third kappa shape index (κ3) is 5.85. The van der Waals surface area contributed by atoms with Crippen LogP contribution in [0.25, 0.3) is 98.5 Å². The van der Waals surface area contributed by atoms with Gasteiger partial charge in [0.05, 0.1) is 0 Å². The molecule has 248 valence electrons. The Morgan fingerprint density at radius 1 is 0.283 bits per heavy atom. The Labute approximate surface area is 311 Å².